The van der Waals surface area contributed by atoms with Crippen molar-refractivity contribution in [2.75, 3.05) is 143 Å². The monoisotopic (exact) mass is 1130 g/mol. The fourth-order valence-electron chi connectivity index (χ4n) is 7.37. The second kappa shape index (κ2) is 55.6. The van der Waals surface area contributed by atoms with Gasteiger partial charge in [0, 0.05) is 30.6 Å². The highest BCUT2D eigenvalue weighted by Gasteiger charge is 2.20. The molecule has 0 spiro atoms. The van der Waals surface area contributed by atoms with E-state index >= 15 is 0 Å². The second-order valence-electron chi connectivity index (χ2n) is 18.2. The zero-order valence-electron chi connectivity index (χ0n) is 46.8. The summed E-state index contributed by atoms with van der Waals surface area (Å²) in [7, 11) is -0.878. The van der Waals surface area contributed by atoms with E-state index in [2.05, 4.69) is 18.4 Å². The van der Waals surface area contributed by atoms with Crippen LogP contribution >= 0.6 is 29.3 Å². The summed E-state index contributed by atoms with van der Waals surface area (Å²) in [6.45, 7) is 13.6. The Kier molecular flexibility index (Phi) is 52.9. The maximum absolute atomic E-state index is 13.4. The Morgan fingerprint density at radius 1 is 0.427 bits per heavy atom. The average molecular weight is 1130 g/mol. The van der Waals surface area contributed by atoms with Crippen LogP contribution in [0.4, 0.5) is 4.20 Å². The summed E-state index contributed by atoms with van der Waals surface area (Å²) in [6.07, 6.45) is 26.8. The molecule has 1 unspecified atom stereocenters. The maximum Gasteiger partial charge on any atom is 0.369 e. The van der Waals surface area contributed by atoms with Gasteiger partial charge in [-0.2, -0.15) is 4.20 Å². The molecule has 0 saturated carbocycles. The van der Waals surface area contributed by atoms with Gasteiger partial charge in [-0.1, -0.05) is 151 Å². The first-order valence-electron chi connectivity index (χ1n) is 28.8. The third-order valence-corrected chi connectivity index (χ3v) is 15.2. The van der Waals surface area contributed by atoms with Gasteiger partial charge in [-0.15, -0.1) is 0 Å². The van der Waals surface area contributed by atoms with E-state index in [1.54, 1.807) is 40.6 Å². The number of benzene rings is 1. The summed E-state index contributed by atoms with van der Waals surface area (Å²) in [5.74, 6) is 1.93. The van der Waals surface area contributed by atoms with E-state index in [4.69, 9.17) is 52.1 Å². The van der Waals surface area contributed by atoms with Gasteiger partial charge in [0.05, 0.1) is 117 Å². The zero-order chi connectivity index (χ0) is 54.2. The third kappa shape index (κ3) is 50.3. The zero-order valence-corrected chi connectivity index (χ0v) is 49.3. The quantitative estimate of drug-likeness (QED) is 0.0262. The predicted molar refractivity (Wildman–Crippen MR) is 302 cm³/mol. The summed E-state index contributed by atoms with van der Waals surface area (Å²) >= 11 is 0. The highest BCUT2D eigenvalue weighted by Crippen LogP contribution is 2.47. The van der Waals surface area contributed by atoms with Gasteiger partial charge in [-0.3, -0.25) is 9.36 Å². The Morgan fingerprint density at radius 2 is 0.787 bits per heavy atom. The van der Waals surface area contributed by atoms with Crippen molar-refractivity contribution in [2.24, 2.45) is 0 Å². The number of ether oxygens (including phenoxy) is 11. The third-order valence-electron chi connectivity index (χ3n) is 11.5. The number of unbranched alkanes of at least 4 members (excludes halogenated alkanes) is 19. The minimum Gasteiger partial charge on any atom is -0.493 e. The van der Waals surface area contributed by atoms with E-state index in [9.17, 15) is 18.4 Å². The Hall–Kier alpha value is -1.70. The molecule has 1 aromatic carbocycles. The van der Waals surface area contributed by atoms with E-state index in [-0.39, 0.29) is 38.6 Å². The molecule has 1 aromatic rings. The Labute approximate surface area is 461 Å². The van der Waals surface area contributed by atoms with Crippen LogP contribution in [0.15, 0.2) is 18.2 Å². The van der Waals surface area contributed by atoms with Crippen molar-refractivity contribution >= 4 is 41.2 Å². The first kappa shape index (κ1) is 71.3. The Bertz CT molecular complexity index is 1430. The molecule has 0 radical (unpaired) electrons. The van der Waals surface area contributed by atoms with Crippen LogP contribution in [0.5, 0.6) is 11.5 Å². The molecule has 0 fully saturated rings. The second-order valence-corrected chi connectivity index (χ2v) is 22.8. The van der Waals surface area contributed by atoms with Crippen LogP contribution in [0.2, 0.25) is 0 Å². The lowest BCUT2D eigenvalue weighted by Gasteiger charge is -2.13. The first-order chi connectivity index (χ1) is 36.8. The van der Waals surface area contributed by atoms with Gasteiger partial charge in [0.25, 0.3) is 0 Å². The molecule has 1 atom stereocenters. The molecule has 1 rings (SSSR count). The molecular formula is C56H102FO15PS2. The van der Waals surface area contributed by atoms with E-state index in [1.807, 2.05) is 6.07 Å². The highest BCUT2D eigenvalue weighted by molar-refractivity contribution is 8.76. The van der Waals surface area contributed by atoms with Crippen molar-refractivity contribution in [2.45, 2.75) is 168 Å². The molecule has 15 nitrogen and oxygen atoms in total. The minimum absolute atomic E-state index is 0.0151. The van der Waals surface area contributed by atoms with Crippen molar-refractivity contribution in [3.05, 3.63) is 23.8 Å². The fraction of sp³-hybridized carbons (Fsp3) is 0.857. The SMILES string of the molecule is CCCCCCCCCCCCOc1cc(OCCCCCCCCCCCC)cc(C(=O)OCCSSCCOC(=O)CCCCOCCOCCOCCOCCOCCOCCOCCP(=O)(F)OCC)c1. The number of carbonyl (C=O) groups is 2. The van der Waals surface area contributed by atoms with Crippen molar-refractivity contribution in [3.8, 4) is 11.5 Å². The predicted octanol–water partition coefficient (Wildman–Crippen LogP) is 13.9. The van der Waals surface area contributed by atoms with Gasteiger partial charge < -0.3 is 56.6 Å². The molecule has 0 aliphatic rings. The van der Waals surface area contributed by atoms with Gasteiger partial charge in [0.1, 0.15) is 24.7 Å². The number of carbonyl (C=O) groups excluding carboxylic acids is 2. The summed E-state index contributed by atoms with van der Waals surface area (Å²) < 4.78 is 90.7. The van der Waals surface area contributed by atoms with Gasteiger partial charge >= 0.3 is 19.6 Å². The topological polar surface area (TPSA) is 162 Å². The van der Waals surface area contributed by atoms with E-state index < -0.39 is 13.6 Å². The summed E-state index contributed by atoms with van der Waals surface area (Å²) in [5.41, 5.74) is 0.436. The molecule has 0 aliphatic heterocycles. The van der Waals surface area contributed by atoms with Crippen LogP contribution in [0.3, 0.4) is 0 Å². The largest absolute Gasteiger partial charge is 0.493 e. The standard InChI is InChI=1S/C56H102FO15PS2/c1-4-7-9-11-13-15-17-19-21-24-29-68-53-49-52(50-54(51-53)69-30-25-22-20-18-16-14-12-10-8-5-2)56(59)71-45-48-75-74-47-44-70-55(58)27-23-26-28-61-31-32-62-33-34-63-35-36-64-37-38-65-39-40-66-41-42-67-43-46-73(57,60)72-6-3/h49-51H,4-48H2,1-3H3. The molecule has 0 saturated heterocycles. The number of hydrogen-bond donors (Lipinski definition) is 0. The number of esters is 2. The van der Waals surface area contributed by atoms with Crippen molar-refractivity contribution < 1.29 is 75.0 Å². The van der Waals surface area contributed by atoms with Crippen LogP contribution < -0.4 is 9.47 Å². The lowest BCUT2D eigenvalue weighted by molar-refractivity contribution is -0.143. The smallest absolute Gasteiger partial charge is 0.369 e. The van der Waals surface area contributed by atoms with Crippen LogP contribution in [-0.4, -0.2) is 155 Å². The fourth-order valence-corrected chi connectivity index (χ4v) is 9.89. The first-order valence-corrected chi connectivity index (χ1v) is 32.9. The Balaban J connectivity index is 2.06. The van der Waals surface area contributed by atoms with Crippen LogP contribution in [0.1, 0.15) is 179 Å². The maximum atomic E-state index is 13.4. The van der Waals surface area contributed by atoms with Crippen molar-refractivity contribution in [1.82, 2.24) is 0 Å². The molecule has 0 aliphatic carbocycles. The lowest BCUT2D eigenvalue weighted by Crippen LogP contribution is -2.14. The molecule has 19 heteroatoms. The number of rotatable bonds is 60. The van der Waals surface area contributed by atoms with Gasteiger partial charge in [0.15, 0.2) is 0 Å². The van der Waals surface area contributed by atoms with Gasteiger partial charge in [-0.05, 0) is 44.7 Å². The molecule has 0 bridgehead atoms. The van der Waals surface area contributed by atoms with Crippen LogP contribution in [-0.2, 0) is 56.5 Å². The normalized spacial score (nSPS) is 12.3. The molecule has 440 valence electrons. The van der Waals surface area contributed by atoms with Crippen LogP contribution in [0, 0.1) is 0 Å². The van der Waals surface area contributed by atoms with Gasteiger partial charge in [0.2, 0.25) is 0 Å². The molecule has 0 amide bonds. The molecule has 0 heterocycles. The summed E-state index contributed by atoms with van der Waals surface area (Å²) in [5, 5.41) is 0. The van der Waals surface area contributed by atoms with Crippen molar-refractivity contribution in [1.29, 1.82) is 0 Å². The minimum atomic E-state index is -4.04. The number of halogens is 1. The van der Waals surface area contributed by atoms with Crippen molar-refractivity contribution in [3.63, 3.8) is 0 Å². The van der Waals surface area contributed by atoms with E-state index in [0.29, 0.717) is 141 Å². The molecule has 0 N–H and O–H groups in total. The molecule has 0 aromatic heterocycles. The average Bonchev–Trinajstić information content (AvgIpc) is 3.40. The van der Waals surface area contributed by atoms with Gasteiger partial charge in [-0.25, -0.2) is 4.79 Å². The van der Waals surface area contributed by atoms with E-state index in [0.717, 1.165) is 32.1 Å². The van der Waals surface area contributed by atoms with Crippen LogP contribution in [0.25, 0.3) is 0 Å². The highest BCUT2D eigenvalue weighted by atomic mass is 33.1. The molecular weight excluding hydrogens is 1030 g/mol. The number of hydrogen-bond acceptors (Lipinski definition) is 17. The lowest BCUT2D eigenvalue weighted by atomic mass is 10.1. The summed E-state index contributed by atoms with van der Waals surface area (Å²) in [6, 6.07) is 5.43. The van der Waals surface area contributed by atoms with E-state index in [1.165, 1.54) is 103 Å². The Morgan fingerprint density at radius 3 is 1.20 bits per heavy atom. The molecule has 75 heavy (non-hydrogen) atoms. The summed E-state index contributed by atoms with van der Waals surface area (Å²) in [4.78, 5) is 25.3.